The Labute approximate surface area is 132 Å². The molecule has 1 aliphatic carbocycles. The van der Waals surface area contributed by atoms with Gasteiger partial charge in [0, 0.05) is 12.7 Å². The number of aldehydes is 1. The zero-order chi connectivity index (χ0) is 17.0. The molecule has 23 heavy (non-hydrogen) atoms. The van der Waals surface area contributed by atoms with Gasteiger partial charge in [-0.15, -0.1) is 0 Å². The Hall–Kier alpha value is -2.90. The van der Waals surface area contributed by atoms with Gasteiger partial charge in [0.1, 0.15) is 6.29 Å². The molecule has 0 fully saturated rings. The number of fused-ring (bicyclic) bond motifs is 1. The van der Waals surface area contributed by atoms with Crippen molar-refractivity contribution in [1.29, 1.82) is 0 Å². The lowest BCUT2D eigenvalue weighted by Crippen LogP contribution is -2.39. The van der Waals surface area contributed by atoms with Gasteiger partial charge in [0.2, 0.25) is 5.91 Å². The quantitative estimate of drug-likeness (QED) is 0.721. The Morgan fingerprint density at radius 2 is 2.13 bits per heavy atom. The van der Waals surface area contributed by atoms with Gasteiger partial charge in [-0.05, 0) is 36.1 Å². The highest BCUT2D eigenvalue weighted by Gasteiger charge is 2.34. The van der Waals surface area contributed by atoms with E-state index in [0.29, 0.717) is 29.7 Å². The van der Waals surface area contributed by atoms with E-state index in [4.69, 9.17) is 5.11 Å². The highest BCUT2D eigenvalue weighted by molar-refractivity contribution is 5.97. The van der Waals surface area contributed by atoms with Crippen LogP contribution in [0.3, 0.4) is 0 Å². The molecule has 1 aromatic rings. The lowest BCUT2D eigenvalue weighted by Gasteiger charge is -2.19. The van der Waals surface area contributed by atoms with Gasteiger partial charge in [0.15, 0.2) is 0 Å². The van der Waals surface area contributed by atoms with Crippen molar-refractivity contribution in [3.63, 3.8) is 0 Å². The number of aryl methyl sites for hydroxylation is 1. The molecule has 3 N–H and O–H groups in total. The van der Waals surface area contributed by atoms with Crippen molar-refractivity contribution in [3.8, 4) is 0 Å². The summed E-state index contributed by atoms with van der Waals surface area (Å²) in [7, 11) is 1.50. The molecule has 0 saturated heterocycles. The van der Waals surface area contributed by atoms with E-state index in [-0.39, 0.29) is 6.03 Å². The number of benzene rings is 1. The van der Waals surface area contributed by atoms with E-state index < -0.39 is 24.5 Å². The Bertz CT molecular complexity index is 659. The van der Waals surface area contributed by atoms with Crippen LogP contribution in [0.4, 0.5) is 15.3 Å². The van der Waals surface area contributed by atoms with Crippen LogP contribution in [0.2, 0.25) is 0 Å². The summed E-state index contributed by atoms with van der Waals surface area (Å²) in [6.07, 6.45) is 0.0237. The fraction of sp³-hybridized carbons (Fsp3) is 0.333. The topological polar surface area (TPSA) is 116 Å². The van der Waals surface area contributed by atoms with Crippen molar-refractivity contribution in [2.75, 3.05) is 18.9 Å². The molecule has 0 spiro atoms. The fourth-order valence-electron chi connectivity index (χ4n) is 2.67. The SMILES string of the molecule is CNC(=O)Nc1ccc2c(c1)CC[C@@H]2C(=O)N(CC=O)C(=O)O. The van der Waals surface area contributed by atoms with Gasteiger partial charge in [-0.25, -0.2) is 14.5 Å². The van der Waals surface area contributed by atoms with Gasteiger partial charge in [-0.3, -0.25) is 4.79 Å². The molecule has 0 unspecified atom stereocenters. The number of nitrogens with zero attached hydrogens (tertiary/aromatic N) is 1. The van der Waals surface area contributed by atoms with Crippen LogP contribution in [-0.4, -0.2) is 47.9 Å². The Morgan fingerprint density at radius 3 is 2.74 bits per heavy atom. The van der Waals surface area contributed by atoms with E-state index in [1.165, 1.54) is 7.05 Å². The number of hydrogen-bond acceptors (Lipinski definition) is 4. The minimum Gasteiger partial charge on any atom is -0.465 e. The molecule has 0 bridgehead atoms. The molecule has 0 radical (unpaired) electrons. The number of carbonyl (C=O) groups excluding carboxylic acids is 3. The molecular formula is C15H17N3O5. The van der Waals surface area contributed by atoms with Gasteiger partial charge in [-0.2, -0.15) is 0 Å². The van der Waals surface area contributed by atoms with E-state index >= 15 is 0 Å². The summed E-state index contributed by atoms with van der Waals surface area (Å²) in [5.41, 5.74) is 2.21. The zero-order valence-electron chi connectivity index (χ0n) is 12.5. The number of rotatable bonds is 4. The maximum atomic E-state index is 12.4. The zero-order valence-corrected chi connectivity index (χ0v) is 12.5. The maximum Gasteiger partial charge on any atom is 0.414 e. The normalized spacial score (nSPS) is 15.4. The first kappa shape index (κ1) is 16.5. The number of imide groups is 1. The van der Waals surface area contributed by atoms with Crippen LogP contribution in [0.1, 0.15) is 23.5 Å². The Morgan fingerprint density at radius 1 is 1.39 bits per heavy atom. The number of hydrogen-bond donors (Lipinski definition) is 3. The summed E-state index contributed by atoms with van der Waals surface area (Å²) >= 11 is 0. The molecule has 8 heteroatoms. The number of urea groups is 1. The standard InChI is InChI=1S/C15H17N3O5/c1-16-14(21)17-10-3-5-11-9(8-10)2-4-12(11)13(20)18(6-7-19)15(22)23/h3,5,7-8,12H,2,4,6H2,1H3,(H,22,23)(H2,16,17,21)/t12-/m0/s1. The maximum absolute atomic E-state index is 12.4. The highest BCUT2D eigenvalue weighted by atomic mass is 16.4. The number of nitrogens with one attached hydrogen (secondary N) is 2. The van der Waals surface area contributed by atoms with Crippen molar-refractivity contribution in [2.45, 2.75) is 18.8 Å². The highest BCUT2D eigenvalue weighted by Crippen LogP contribution is 2.36. The van der Waals surface area contributed by atoms with Gasteiger partial charge < -0.3 is 20.5 Å². The lowest BCUT2D eigenvalue weighted by molar-refractivity contribution is -0.132. The first-order chi connectivity index (χ1) is 11.0. The van der Waals surface area contributed by atoms with E-state index in [1.807, 2.05) is 0 Å². The molecule has 0 saturated carbocycles. The van der Waals surface area contributed by atoms with Crippen LogP contribution in [-0.2, 0) is 16.0 Å². The van der Waals surface area contributed by atoms with E-state index in [2.05, 4.69) is 10.6 Å². The van der Waals surface area contributed by atoms with Gasteiger partial charge in [0.05, 0.1) is 12.5 Å². The third-order valence-corrected chi connectivity index (χ3v) is 3.76. The van der Waals surface area contributed by atoms with Crippen molar-refractivity contribution in [2.24, 2.45) is 0 Å². The van der Waals surface area contributed by atoms with E-state index in [9.17, 15) is 19.2 Å². The van der Waals surface area contributed by atoms with Gasteiger partial charge in [-0.1, -0.05) is 6.07 Å². The minimum atomic E-state index is -1.44. The summed E-state index contributed by atoms with van der Waals surface area (Å²) in [5, 5.41) is 14.1. The molecule has 1 aromatic carbocycles. The second-order valence-corrected chi connectivity index (χ2v) is 5.11. The van der Waals surface area contributed by atoms with E-state index in [1.54, 1.807) is 18.2 Å². The van der Waals surface area contributed by atoms with Crippen molar-refractivity contribution >= 4 is 30.0 Å². The van der Waals surface area contributed by atoms with Gasteiger partial charge >= 0.3 is 12.1 Å². The molecule has 1 atom stereocenters. The second kappa shape index (κ2) is 6.91. The average Bonchev–Trinajstić information content (AvgIpc) is 2.94. The van der Waals surface area contributed by atoms with E-state index in [0.717, 1.165) is 11.1 Å². The molecule has 0 aliphatic heterocycles. The summed E-state index contributed by atoms with van der Waals surface area (Å²) in [4.78, 5) is 45.9. The van der Waals surface area contributed by atoms with Crippen molar-refractivity contribution < 1.29 is 24.3 Å². The van der Waals surface area contributed by atoms with Crippen LogP contribution in [0, 0.1) is 0 Å². The molecular weight excluding hydrogens is 302 g/mol. The molecule has 1 aliphatic rings. The van der Waals surface area contributed by atoms with Crippen LogP contribution in [0.15, 0.2) is 18.2 Å². The molecule has 8 nitrogen and oxygen atoms in total. The van der Waals surface area contributed by atoms with Crippen LogP contribution < -0.4 is 10.6 Å². The van der Waals surface area contributed by atoms with Crippen LogP contribution >= 0.6 is 0 Å². The van der Waals surface area contributed by atoms with Crippen LogP contribution in [0.5, 0.6) is 0 Å². The van der Waals surface area contributed by atoms with Crippen molar-refractivity contribution in [1.82, 2.24) is 10.2 Å². The predicted molar refractivity (Wildman–Crippen MR) is 81.4 cm³/mol. The average molecular weight is 319 g/mol. The molecule has 0 aromatic heterocycles. The fourth-order valence-corrected chi connectivity index (χ4v) is 2.67. The Kier molecular flexibility index (Phi) is 4.95. The number of amides is 4. The minimum absolute atomic E-state index is 0.349. The molecule has 4 amide bonds. The number of carboxylic acid groups (broad SMARTS) is 1. The van der Waals surface area contributed by atoms with Gasteiger partial charge in [0.25, 0.3) is 0 Å². The smallest absolute Gasteiger partial charge is 0.414 e. The third kappa shape index (κ3) is 3.47. The number of carbonyl (C=O) groups is 4. The molecule has 2 rings (SSSR count). The van der Waals surface area contributed by atoms with Crippen LogP contribution in [0.25, 0.3) is 0 Å². The monoisotopic (exact) mass is 319 g/mol. The number of anilines is 1. The summed E-state index contributed by atoms with van der Waals surface area (Å²) in [6, 6.07) is 4.78. The first-order valence-electron chi connectivity index (χ1n) is 7.07. The summed E-state index contributed by atoms with van der Waals surface area (Å²) < 4.78 is 0. The lowest BCUT2D eigenvalue weighted by atomic mass is 9.99. The molecule has 0 heterocycles. The summed E-state index contributed by atoms with van der Waals surface area (Å²) in [5.74, 6) is -1.19. The first-order valence-corrected chi connectivity index (χ1v) is 7.07. The third-order valence-electron chi connectivity index (χ3n) is 3.76. The molecule has 122 valence electrons. The summed E-state index contributed by atoms with van der Waals surface area (Å²) in [6.45, 7) is -0.476. The predicted octanol–water partition coefficient (Wildman–Crippen LogP) is 1.17. The Balaban J connectivity index is 2.21. The van der Waals surface area contributed by atoms with Crippen molar-refractivity contribution in [3.05, 3.63) is 29.3 Å². The second-order valence-electron chi connectivity index (χ2n) is 5.11. The largest absolute Gasteiger partial charge is 0.465 e.